The molecule has 0 bridgehead atoms. The van der Waals surface area contributed by atoms with E-state index >= 15 is 0 Å². The second-order valence-electron chi connectivity index (χ2n) is 17.1. The highest BCUT2D eigenvalue weighted by Crippen LogP contribution is 2.69. The lowest BCUT2D eigenvalue weighted by Gasteiger charge is -2.53. The minimum absolute atomic E-state index is 0.0250. The van der Waals surface area contributed by atoms with Crippen molar-refractivity contribution in [3.63, 3.8) is 0 Å². The van der Waals surface area contributed by atoms with Gasteiger partial charge in [-0.3, -0.25) is 0 Å². The van der Waals surface area contributed by atoms with Crippen LogP contribution < -0.4 is 26.2 Å². The van der Waals surface area contributed by atoms with Crippen LogP contribution in [0.25, 0.3) is 10.4 Å². The lowest BCUT2D eigenvalue weighted by Crippen LogP contribution is -2.66. The molecule has 4 unspecified atom stereocenters. The van der Waals surface area contributed by atoms with Gasteiger partial charge in [0.05, 0.1) is 16.1 Å². The summed E-state index contributed by atoms with van der Waals surface area (Å²) in [5.41, 5.74) is 17.9. The van der Waals surface area contributed by atoms with E-state index in [0.717, 1.165) is 0 Å². The molecule has 2 nitrogen and oxygen atoms in total. The highest BCUT2D eigenvalue weighted by molar-refractivity contribution is 7.23. The SMILES string of the molecule is CC1(C)c2ccccc2-c2sc3c(c21)B1c2ccccc2N2c4c(cc5c(c41)N3C1(C)CCCCC51C)C1(C)CCCCC21C. The molecule has 45 heavy (non-hydrogen) atoms. The Morgan fingerprint density at radius 2 is 1.24 bits per heavy atom. The number of anilines is 4. The van der Waals surface area contributed by atoms with Crippen molar-refractivity contribution in [2.24, 2.45) is 0 Å². The molecular weight excluding hydrogens is 563 g/mol. The first kappa shape index (κ1) is 26.1. The Kier molecular flexibility index (Phi) is 4.41. The summed E-state index contributed by atoms with van der Waals surface area (Å²) in [6.45, 7) is 15.9. The molecule has 4 atom stereocenters. The monoisotopic (exact) mass is 606 g/mol. The van der Waals surface area contributed by atoms with E-state index in [9.17, 15) is 0 Å². The summed E-state index contributed by atoms with van der Waals surface area (Å²) in [4.78, 5) is 7.42. The fourth-order valence-electron chi connectivity index (χ4n) is 12.5. The number of rotatable bonds is 0. The number of thiophene rings is 1. The molecule has 5 heterocycles. The summed E-state index contributed by atoms with van der Waals surface area (Å²) in [5.74, 6) is 0. The minimum atomic E-state index is -0.0250. The van der Waals surface area contributed by atoms with Crippen LogP contribution in [0.5, 0.6) is 0 Å². The first-order valence-corrected chi connectivity index (χ1v) is 18.6. The van der Waals surface area contributed by atoms with Crippen LogP contribution in [0.3, 0.4) is 0 Å². The number of benzene rings is 3. The predicted octanol–water partition coefficient (Wildman–Crippen LogP) is 8.68. The van der Waals surface area contributed by atoms with Gasteiger partial charge < -0.3 is 9.80 Å². The average molecular weight is 607 g/mol. The Hall–Kier alpha value is -2.98. The van der Waals surface area contributed by atoms with Crippen LogP contribution in [-0.4, -0.2) is 17.8 Å². The van der Waals surface area contributed by atoms with Crippen molar-refractivity contribution in [2.75, 3.05) is 9.80 Å². The summed E-state index contributed by atoms with van der Waals surface area (Å²) in [6, 6.07) is 21.7. The van der Waals surface area contributed by atoms with Crippen LogP contribution in [0.2, 0.25) is 0 Å². The number of hydrogen-bond acceptors (Lipinski definition) is 3. The molecule has 226 valence electrons. The summed E-state index contributed by atoms with van der Waals surface area (Å²) >= 11 is 2.13. The van der Waals surface area contributed by atoms with Gasteiger partial charge in [0.2, 0.25) is 0 Å². The van der Waals surface area contributed by atoms with Gasteiger partial charge in [0, 0.05) is 38.2 Å². The van der Waals surface area contributed by atoms with Crippen LogP contribution in [0.15, 0.2) is 54.6 Å². The van der Waals surface area contributed by atoms with Crippen LogP contribution in [-0.2, 0) is 16.2 Å². The maximum absolute atomic E-state index is 2.98. The van der Waals surface area contributed by atoms with Crippen LogP contribution >= 0.6 is 11.3 Å². The van der Waals surface area contributed by atoms with Crippen molar-refractivity contribution >= 4 is 56.5 Å². The lowest BCUT2D eigenvalue weighted by atomic mass is 9.32. The van der Waals surface area contributed by atoms with E-state index in [-0.39, 0.29) is 34.0 Å². The van der Waals surface area contributed by atoms with E-state index in [1.165, 1.54) is 73.1 Å². The van der Waals surface area contributed by atoms with E-state index in [0.29, 0.717) is 0 Å². The van der Waals surface area contributed by atoms with E-state index in [1.54, 1.807) is 49.5 Å². The smallest absolute Gasteiger partial charge is 0.253 e. The maximum atomic E-state index is 2.98. The fourth-order valence-corrected chi connectivity index (χ4v) is 14.1. The second kappa shape index (κ2) is 7.59. The maximum Gasteiger partial charge on any atom is 0.253 e. The molecule has 2 saturated carbocycles. The predicted molar refractivity (Wildman–Crippen MR) is 192 cm³/mol. The van der Waals surface area contributed by atoms with Gasteiger partial charge in [-0.05, 0) is 89.8 Å². The molecule has 3 aromatic carbocycles. The van der Waals surface area contributed by atoms with E-state index in [4.69, 9.17) is 0 Å². The van der Waals surface area contributed by atoms with Crippen molar-refractivity contribution in [1.82, 2.24) is 0 Å². The van der Waals surface area contributed by atoms with Crippen molar-refractivity contribution in [3.8, 4) is 10.4 Å². The Bertz CT molecular complexity index is 2060. The zero-order chi connectivity index (χ0) is 30.5. The van der Waals surface area contributed by atoms with Gasteiger partial charge in [0.1, 0.15) is 0 Å². The summed E-state index contributed by atoms with van der Waals surface area (Å²) in [7, 11) is 0. The van der Waals surface area contributed by atoms with E-state index in [1.807, 2.05) is 0 Å². The molecule has 7 aliphatic rings. The third-order valence-electron chi connectivity index (χ3n) is 15.2. The van der Waals surface area contributed by atoms with Gasteiger partial charge in [-0.2, -0.15) is 0 Å². The molecule has 4 heteroatoms. The molecular formula is C41H43BN2S. The molecule has 4 aromatic rings. The third-order valence-corrected chi connectivity index (χ3v) is 16.4. The Morgan fingerprint density at radius 1 is 0.644 bits per heavy atom. The topological polar surface area (TPSA) is 6.48 Å². The van der Waals surface area contributed by atoms with Crippen molar-refractivity contribution in [3.05, 3.63) is 76.9 Å². The quantitative estimate of drug-likeness (QED) is 0.185. The number of fused-ring (bicyclic) bond motifs is 16. The molecule has 0 spiro atoms. The molecule has 3 aliphatic carbocycles. The second-order valence-corrected chi connectivity index (χ2v) is 18.1. The third kappa shape index (κ3) is 2.47. The van der Waals surface area contributed by atoms with E-state index in [2.05, 4.69) is 117 Å². The largest absolute Gasteiger partial charge is 0.335 e. The molecule has 0 radical (unpaired) electrons. The molecule has 0 amide bonds. The first-order chi connectivity index (χ1) is 21.6. The number of nitrogens with zero attached hydrogens (tertiary/aromatic N) is 2. The zero-order valence-electron chi connectivity index (χ0n) is 27.7. The van der Waals surface area contributed by atoms with Gasteiger partial charge in [0.25, 0.3) is 6.71 Å². The van der Waals surface area contributed by atoms with Crippen LogP contribution in [0, 0.1) is 0 Å². The fraction of sp³-hybridized carbons (Fsp3) is 0.463. The molecule has 2 fully saturated rings. The Labute approximate surface area is 272 Å². The first-order valence-electron chi connectivity index (χ1n) is 17.8. The van der Waals surface area contributed by atoms with Crippen molar-refractivity contribution < 1.29 is 0 Å². The normalized spacial score (nSPS) is 33.2. The summed E-state index contributed by atoms with van der Waals surface area (Å²) < 4.78 is 0. The summed E-state index contributed by atoms with van der Waals surface area (Å²) in [5, 5.41) is 1.56. The molecule has 11 rings (SSSR count). The van der Waals surface area contributed by atoms with Crippen LogP contribution in [0.1, 0.15) is 115 Å². The lowest BCUT2D eigenvalue weighted by molar-refractivity contribution is 0.190. The standard InChI is InChI=1S/C41H43BN2S/c1-37(2)25-16-8-7-15-24(25)35-30(37)31-36(45-35)44-34-27(39(4)20-12-14-22-41(39,44)6)23-26-33-32(34)42(31)28-17-9-10-18-29(28)43(33)40(5)21-13-11-19-38(26,40)3/h7-10,15-18,23H,11-14,19-22H2,1-6H3. The van der Waals surface area contributed by atoms with Gasteiger partial charge in [-0.25, -0.2) is 0 Å². The van der Waals surface area contributed by atoms with Gasteiger partial charge in [-0.1, -0.05) is 102 Å². The number of para-hydroxylation sites is 1. The molecule has 0 N–H and O–H groups in total. The van der Waals surface area contributed by atoms with Gasteiger partial charge in [-0.15, -0.1) is 11.3 Å². The molecule has 4 aliphatic heterocycles. The highest BCUT2D eigenvalue weighted by atomic mass is 32.1. The molecule has 0 saturated heterocycles. The van der Waals surface area contributed by atoms with Crippen LogP contribution in [0.4, 0.5) is 22.1 Å². The van der Waals surface area contributed by atoms with E-state index < -0.39 is 0 Å². The van der Waals surface area contributed by atoms with Crippen molar-refractivity contribution in [1.29, 1.82) is 0 Å². The Morgan fingerprint density at radius 3 is 1.98 bits per heavy atom. The zero-order valence-corrected chi connectivity index (χ0v) is 28.5. The minimum Gasteiger partial charge on any atom is -0.335 e. The average Bonchev–Trinajstić information content (AvgIpc) is 3.66. The number of hydrogen-bond donors (Lipinski definition) is 0. The molecule has 1 aromatic heterocycles. The Balaban J connectivity index is 1.34. The van der Waals surface area contributed by atoms with Gasteiger partial charge in [0.15, 0.2) is 0 Å². The summed E-state index contributed by atoms with van der Waals surface area (Å²) in [6.07, 6.45) is 10.4. The van der Waals surface area contributed by atoms with Gasteiger partial charge >= 0.3 is 0 Å². The van der Waals surface area contributed by atoms with Crippen molar-refractivity contribution in [2.45, 2.75) is 120 Å². The highest BCUT2D eigenvalue weighted by Gasteiger charge is 2.67.